The maximum Gasteiger partial charge on any atom is 1.00 e. The van der Waals surface area contributed by atoms with Gasteiger partial charge in [-0.25, -0.2) is 9.78 Å². The van der Waals surface area contributed by atoms with E-state index in [9.17, 15) is 54.4 Å². The number of amides is 1. The van der Waals surface area contributed by atoms with Crippen molar-refractivity contribution in [1.29, 1.82) is 5.26 Å². The van der Waals surface area contributed by atoms with E-state index >= 15 is 0 Å². The topological polar surface area (TPSA) is 186 Å². The number of nitrogens with zero attached hydrogens (tertiary/aromatic N) is 2. The molecule has 0 spiro atoms. The quantitative estimate of drug-likeness (QED) is 0.0781. The van der Waals surface area contributed by atoms with Crippen molar-refractivity contribution in [2.45, 2.75) is 25.1 Å². The first-order valence-electron chi connectivity index (χ1n) is 21.3. The molecule has 9 aromatic rings. The van der Waals surface area contributed by atoms with Crippen LogP contribution >= 0.6 is 11.6 Å². The fourth-order valence-corrected chi connectivity index (χ4v) is 7.00. The molecule has 386 valence electrons. The molecule has 1 amide bonds. The van der Waals surface area contributed by atoms with Gasteiger partial charge in [0.25, 0.3) is 5.91 Å². The number of nitrogens with one attached hydrogen (secondary N) is 2. The number of carboxylic acids is 1. The third-order valence-corrected chi connectivity index (χ3v) is 10.1. The van der Waals surface area contributed by atoms with Crippen molar-refractivity contribution in [3.63, 3.8) is 0 Å². The Morgan fingerprint density at radius 3 is 1.42 bits per heavy atom. The fourth-order valence-electron chi connectivity index (χ4n) is 6.76. The molecule has 5 aromatic carbocycles. The van der Waals surface area contributed by atoms with Crippen molar-refractivity contribution in [3.05, 3.63) is 192 Å². The van der Waals surface area contributed by atoms with E-state index in [-0.39, 0.29) is 104 Å². The molecule has 9 rings (SSSR count). The summed E-state index contributed by atoms with van der Waals surface area (Å²) in [5.74, 6) is -2.82. The van der Waals surface area contributed by atoms with Gasteiger partial charge in [0, 0.05) is 5.56 Å². The Morgan fingerprint density at radius 2 is 0.974 bits per heavy atom. The molecule has 24 heteroatoms. The Balaban J connectivity index is 0.000000215. The zero-order valence-electron chi connectivity index (χ0n) is 39.6. The number of aromatic nitrogens is 2. The molecular formula is C52H33ClF9KN4O9. The Labute approximate surface area is 472 Å². The number of hydrogen-bond acceptors (Lipinski definition) is 10. The molecule has 13 nitrogen and oxygen atoms in total. The van der Waals surface area contributed by atoms with Gasteiger partial charge in [0.05, 0.1) is 22.8 Å². The summed E-state index contributed by atoms with van der Waals surface area (Å²) in [6, 6.07) is 43.8. The van der Waals surface area contributed by atoms with Gasteiger partial charge in [-0.2, -0.15) is 5.26 Å². The van der Waals surface area contributed by atoms with Crippen LogP contribution in [-0.4, -0.2) is 46.0 Å². The van der Waals surface area contributed by atoms with Crippen molar-refractivity contribution >= 4 is 23.5 Å². The van der Waals surface area contributed by atoms with Crippen LogP contribution in [0.25, 0.3) is 56.8 Å². The second-order valence-electron chi connectivity index (χ2n) is 15.0. The minimum Gasteiger partial charge on any atom is -1.00 e. The van der Waals surface area contributed by atoms with Gasteiger partial charge in [0.15, 0.2) is 17.3 Å². The molecule has 1 unspecified atom stereocenters. The number of rotatable bonds is 12. The van der Waals surface area contributed by atoms with Crippen molar-refractivity contribution in [2.75, 3.05) is 0 Å². The Kier molecular flexibility index (Phi) is 19.1. The molecule has 0 saturated heterocycles. The van der Waals surface area contributed by atoms with Crippen LogP contribution in [0.2, 0.25) is 5.15 Å². The van der Waals surface area contributed by atoms with Crippen LogP contribution in [0.1, 0.15) is 34.1 Å². The fraction of sp³-hybridized carbons (Fsp3) is 0.0769. The first-order valence-corrected chi connectivity index (χ1v) is 21.7. The zero-order valence-corrected chi connectivity index (χ0v) is 42.5. The molecule has 0 aliphatic rings. The number of imidazole rings is 1. The van der Waals surface area contributed by atoms with Gasteiger partial charge in [-0.15, -0.1) is 39.5 Å². The minimum atomic E-state index is -4.86. The average Bonchev–Trinajstić information content (AvgIpc) is 4.22. The number of aromatic carboxylic acids is 1. The van der Waals surface area contributed by atoms with Crippen LogP contribution in [0, 0.1) is 11.3 Å². The third kappa shape index (κ3) is 15.9. The standard InChI is InChI=1S/C20H12ClF3N2O2.C20H13F3N2O3.C12H7F3O4.K.H/c21-18-17(12-6-2-1-3-7-12)25-19(26-18)16-11-10-14(27-16)13-8-4-5-9-15(13)28-20(22,23)24;21-20(22,23)28-17-9-5-4-8-14(17)16-10-11-18(27-16)19(26)25-15(12-24)13-6-2-1-3-7-13;13-12(14,15)19-9-4-2-1-3-7(9)8-5-6-10(18-8)11(16)17;;/h1-11H,(H,25,26);1-11,15H,(H,25,26);1-6H,(H,16,17);;/q;;;+1;-1. The number of carbonyl (C=O) groups excluding carboxylic acids is 1. The largest absolute Gasteiger partial charge is 1.00 e. The second-order valence-corrected chi connectivity index (χ2v) is 15.4. The zero-order chi connectivity index (χ0) is 53.9. The summed E-state index contributed by atoms with van der Waals surface area (Å²) in [7, 11) is 0. The van der Waals surface area contributed by atoms with E-state index in [1.807, 2.05) is 36.4 Å². The first kappa shape index (κ1) is 57.6. The molecule has 0 bridgehead atoms. The van der Waals surface area contributed by atoms with E-state index in [1.165, 1.54) is 72.8 Å². The van der Waals surface area contributed by atoms with Gasteiger partial charge >= 0.3 is 76.4 Å². The SMILES string of the molecule is FC(F)(F)Oc1ccccc1-c1ccc(-c2nc(-c3ccccc3)c(Cl)[nH]2)o1.N#CC(NC(=O)c1ccc(-c2ccccc2OC(F)(F)F)o1)c1ccccc1.O=C(O)c1ccc(-c2ccccc2OC(F)(F)F)o1.[H-].[K+]. The van der Waals surface area contributed by atoms with Crippen LogP contribution in [0.5, 0.6) is 17.2 Å². The van der Waals surface area contributed by atoms with Gasteiger partial charge in [-0.3, -0.25) is 4.79 Å². The molecule has 4 aromatic heterocycles. The van der Waals surface area contributed by atoms with Gasteiger partial charge in [0.1, 0.15) is 51.4 Å². The summed E-state index contributed by atoms with van der Waals surface area (Å²) in [5, 5.41) is 20.8. The van der Waals surface area contributed by atoms with Gasteiger partial charge < -0.3 is 44.3 Å². The molecule has 76 heavy (non-hydrogen) atoms. The number of furan rings is 3. The molecule has 0 aliphatic heterocycles. The molecule has 3 N–H and O–H groups in total. The number of halogens is 10. The molecule has 0 aliphatic carbocycles. The Hall–Kier alpha value is -7.72. The number of hydrogen-bond donors (Lipinski definition) is 3. The van der Waals surface area contributed by atoms with E-state index in [0.29, 0.717) is 28.0 Å². The summed E-state index contributed by atoms with van der Waals surface area (Å²) in [6.07, 6.45) is -14.5. The molecule has 0 radical (unpaired) electrons. The van der Waals surface area contributed by atoms with E-state index in [4.69, 9.17) is 30.0 Å². The van der Waals surface area contributed by atoms with Crippen molar-refractivity contribution in [2.24, 2.45) is 0 Å². The van der Waals surface area contributed by atoms with Crippen LogP contribution in [0.3, 0.4) is 0 Å². The minimum absolute atomic E-state index is 0. The number of H-pyrrole nitrogens is 1. The maximum absolute atomic E-state index is 12.6. The van der Waals surface area contributed by atoms with Crippen LogP contribution in [0.4, 0.5) is 39.5 Å². The number of carbonyl (C=O) groups is 2. The Bertz CT molecular complexity index is 3430. The summed E-state index contributed by atoms with van der Waals surface area (Å²) in [5.41, 5.74) is 2.20. The number of ether oxygens (including phenoxy) is 3. The molecule has 4 heterocycles. The van der Waals surface area contributed by atoms with Crippen LogP contribution in [-0.2, 0) is 0 Å². The van der Waals surface area contributed by atoms with E-state index < -0.39 is 48.5 Å². The Morgan fingerprint density at radius 1 is 0.579 bits per heavy atom. The number of carboxylic acid groups (broad SMARTS) is 1. The second kappa shape index (κ2) is 25.2. The number of alkyl halides is 9. The summed E-state index contributed by atoms with van der Waals surface area (Å²) >= 11 is 6.25. The maximum atomic E-state index is 12.6. The molecule has 0 saturated carbocycles. The number of nitriles is 1. The molecular weight excluding hydrogens is 1070 g/mol. The summed E-state index contributed by atoms with van der Waals surface area (Å²) < 4.78 is 140. The van der Waals surface area contributed by atoms with Crippen LogP contribution < -0.4 is 70.9 Å². The number of para-hydroxylation sites is 3. The first-order chi connectivity index (χ1) is 35.6. The summed E-state index contributed by atoms with van der Waals surface area (Å²) in [4.78, 5) is 30.4. The molecule has 0 fully saturated rings. The van der Waals surface area contributed by atoms with Crippen molar-refractivity contribution in [1.82, 2.24) is 15.3 Å². The van der Waals surface area contributed by atoms with Gasteiger partial charge in [-0.05, 0) is 78.4 Å². The van der Waals surface area contributed by atoms with Crippen molar-refractivity contribution in [3.8, 4) is 80.1 Å². The normalized spacial score (nSPS) is 11.5. The van der Waals surface area contributed by atoms with E-state index in [0.717, 1.165) is 23.8 Å². The number of aromatic amines is 1. The molecule has 1 atom stereocenters. The smallest absolute Gasteiger partial charge is 1.00 e. The van der Waals surface area contributed by atoms with Gasteiger partial charge in [0.2, 0.25) is 5.76 Å². The average molecular weight is 1100 g/mol. The van der Waals surface area contributed by atoms with E-state index in [1.54, 1.807) is 48.5 Å². The van der Waals surface area contributed by atoms with E-state index in [2.05, 4.69) is 29.5 Å². The third-order valence-electron chi connectivity index (χ3n) is 9.86. The summed E-state index contributed by atoms with van der Waals surface area (Å²) in [6.45, 7) is 0. The number of benzene rings is 5. The van der Waals surface area contributed by atoms with Crippen LogP contribution in [0.15, 0.2) is 183 Å². The predicted octanol–water partition coefficient (Wildman–Crippen LogP) is 12.1. The van der Waals surface area contributed by atoms with Gasteiger partial charge in [-0.1, -0.05) is 109 Å². The van der Waals surface area contributed by atoms with Crippen molar-refractivity contribution < 1.29 is 134 Å². The monoisotopic (exact) mass is 1100 g/mol. The predicted molar refractivity (Wildman–Crippen MR) is 251 cm³/mol.